The number of hydrogen-bond donors (Lipinski definition) is 4. The Kier molecular flexibility index (Phi) is 5.91. The minimum atomic E-state index is -1.03. The van der Waals surface area contributed by atoms with Crippen molar-refractivity contribution in [3.05, 3.63) is 0 Å². The summed E-state index contributed by atoms with van der Waals surface area (Å²) in [4.78, 5) is 22.5. The highest BCUT2D eigenvalue weighted by molar-refractivity contribution is 5.82. The van der Waals surface area contributed by atoms with Crippen molar-refractivity contribution in [2.75, 3.05) is 0 Å². The summed E-state index contributed by atoms with van der Waals surface area (Å²) >= 11 is 0. The smallest absolute Gasteiger partial charge is 0.326 e. The molecular formula is C12H22N2O4. The first-order valence-corrected chi connectivity index (χ1v) is 6.52. The molecule has 0 aromatic carbocycles. The number of carboxylic acids is 1. The van der Waals surface area contributed by atoms with Crippen molar-refractivity contribution >= 4 is 12.0 Å². The number of amides is 2. The van der Waals surface area contributed by atoms with E-state index in [4.69, 9.17) is 5.11 Å². The summed E-state index contributed by atoms with van der Waals surface area (Å²) in [5.41, 5.74) is 0. The summed E-state index contributed by atoms with van der Waals surface area (Å²) in [6.07, 6.45) is 3.91. The molecule has 18 heavy (non-hydrogen) atoms. The first-order chi connectivity index (χ1) is 8.54. The normalized spacial score (nSPS) is 25.2. The Morgan fingerprint density at radius 3 is 2.56 bits per heavy atom. The van der Waals surface area contributed by atoms with Crippen LogP contribution in [0.25, 0.3) is 0 Å². The number of aliphatic hydroxyl groups is 1. The molecule has 1 saturated carbocycles. The van der Waals surface area contributed by atoms with Crippen molar-refractivity contribution in [1.82, 2.24) is 10.6 Å². The van der Waals surface area contributed by atoms with Gasteiger partial charge in [0.1, 0.15) is 6.04 Å². The number of carboxylic acid groups (broad SMARTS) is 1. The summed E-state index contributed by atoms with van der Waals surface area (Å²) in [5.74, 6) is -1.03. The fourth-order valence-corrected chi connectivity index (χ4v) is 2.19. The minimum Gasteiger partial charge on any atom is -0.480 e. The molecule has 1 aliphatic rings. The van der Waals surface area contributed by atoms with Gasteiger partial charge >= 0.3 is 12.0 Å². The Balaban J connectivity index is 2.41. The lowest BCUT2D eigenvalue weighted by Gasteiger charge is -2.28. The topological polar surface area (TPSA) is 98.7 Å². The maximum Gasteiger partial charge on any atom is 0.326 e. The Hall–Kier alpha value is -1.30. The zero-order valence-corrected chi connectivity index (χ0v) is 10.7. The maximum absolute atomic E-state index is 11.6. The molecule has 1 aliphatic carbocycles. The number of urea groups is 1. The average molecular weight is 258 g/mol. The molecule has 104 valence electrons. The number of aliphatic carboxylic acids is 1. The molecule has 0 aromatic heterocycles. The van der Waals surface area contributed by atoms with Gasteiger partial charge in [0.25, 0.3) is 0 Å². The van der Waals surface area contributed by atoms with E-state index in [-0.39, 0.29) is 6.04 Å². The zero-order chi connectivity index (χ0) is 13.5. The van der Waals surface area contributed by atoms with Crippen LogP contribution in [0, 0.1) is 0 Å². The largest absolute Gasteiger partial charge is 0.480 e. The summed E-state index contributed by atoms with van der Waals surface area (Å²) in [7, 11) is 0. The van der Waals surface area contributed by atoms with Crippen molar-refractivity contribution in [2.24, 2.45) is 0 Å². The number of carbonyl (C=O) groups excluding carboxylic acids is 1. The van der Waals surface area contributed by atoms with Crippen LogP contribution in [-0.4, -0.2) is 40.4 Å². The van der Waals surface area contributed by atoms with Gasteiger partial charge < -0.3 is 20.8 Å². The van der Waals surface area contributed by atoms with E-state index in [2.05, 4.69) is 10.6 Å². The van der Waals surface area contributed by atoms with Crippen molar-refractivity contribution in [3.8, 4) is 0 Å². The SMILES string of the molecule is CCCC(NC(=O)NC1CCCCC1O)C(=O)O. The van der Waals surface area contributed by atoms with Gasteiger partial charge in [-0.2, -0.15) is 0 Å². The third-order valence-electron chi connectivity index (χ3n) is 3.23. The zero-order valence-electron chi connectivity index (χ0n) is 10.7. The standard InChI is InChI=1S/C12H22N2O4/c1-2-5-9(11(16)17)14-12(18)13-8-6-3-4-7-10(8)15/h8-10,15H,2-7H2,1H3,(H,16,17)(H2,13,14,18). The summed E-state index contributed by atoms with van der Waals surface area (Å²) in [5, 5.41) is 23.7. The van der Waals surface area contributed by atoms with Crippen LogP contribution in [0.4, 0.5) is 4.79 Å². The highest BCUT2D eigenvalue weighted by Gasteiger charge is 2.26. The van der Waals surface area contributed by atoms with E-state index in [0.29, 0.717) is 19.3 Å². The number of hydrogen-bond acceptors (Lipinski definition) is 3. The van der Waals surface area contributed by atoms with Gasteiger partial charge in [0.2, 0.25) is 0 Å². The molecule has 1 rings (SSSR count). The van der Waals surface area contributed by atoms with E-state index in [0.717, 1.165) is 19.3 Å². The highest BCUT2D eigenvalue weighted by Crippen LogP contribution is 2.18. The summed E-state index contributed by atoms with van der Waals surface area (Å²) < 4.78 is 0. The van der Waals surface area contributed by atoms with E-state index in [1.54, 1.807) is 0 Å². The van der Waals surface area contributed by atoms with E-state index in [1.807, 2.05) is 6.92 Å². The van der Waals surface area contributed by atoms with Gasteiger partial charge in [0.05, 0.1) is 12.1 Å². The molecule has 0 aliphatic heterocycles. The molecule has 4 N–H and O–H groups in total. The first-order valence-electron chi connectivity index (χ1n) is 6.52. The average Bonchev–Trinajstić information content (AvgIpc) is 2.31. The quantitative estimate of drug-likeness (QED) is 0.587. The fraction of sp³-hybridized carbons (Fsp3) is 0.833. The number of carbonyl (C=O) groups is 2. The molecule has 6 nitrogen and oxygen atoms in total. The maximum atomic E-state index is 11.6. The van der Waals surface area contributed by atoms with Gasteiger partial charge in [-0.15, -0.1) is 0 Å². The van der Waals surface area contributed by atoms with Crippen LogP contribution in [0.2, 0.25) is 0 Å². The molecule has 0 heterocycles. The molecular weight excluding hydrogens is 236 g/mol. The molecule has 3 unspecified atom stereocenters. The second-order valence-electron chi connectivity index (χ2n) is 4.76. The van der Waals surface area contributed by atoms with Crippen molar-refractivity contribution < 1.29 is 19.8 Å². The predicted molar refractivity (Wildman–Crippen MR) is 66.3 cm³/mol. The molecule has 0 saturated heterocycles. The second-order valence-corrected chi connectivity index (χ2v) is 4.76. The van der Waals surface area contributed by atoms with Gasteiger partial charge in [0.15, 0.2) is 0 Å². The van der Waals surface area contributed by atoms with E-state index < -0.39 is 24.1 Å². The molecule has 0 radical (unpaired) electrons. The van der Waals surface area contributed by atoms with Crippen LogP contribution in [-0.2, 0) is 4.79 Å². The van der Waals surface area contributed by atoms with E-state index >= 15 is 0 Å². The molecule has 3 atom stereocenters. The molecule has 2 amide bonds. The molecule has 0 aromatic rings. The van der Waals surface area contributed by atoms with Crippen LogP contribution in [0.15, 0.2) is 0 Å². The first kappa shape index (κ1) is 14.8. The highest BCUT2D eigenvalue weighted by atomic mass is 16.4. The second kappa shape index (κ2) is 7.20. The molecule has 0 bridgehead atoms. The van der Waals surface area contributed by atoms with Crippen LogP contribution >= 0.6 is 0 Å². The third-order valence-corrected chi connectivity index (χ3v) is 3.23. The van der Waals surface area contributed by atoms with Gasteiger partial charge in [-0.3, -0.25) is 0 Å². The van der Waals surface area contributed by atoms with Crippen LogP contribution in [0.5, 0.6) is 0 Å². The Morgan fingerprint density at radius 2 is 2.00 bits per heavy atom. The van der Waals surface area contributed by atoms with Crippen LogP contribution < -0.4 is 10.6 Å². The van der Waals surface area contributed by atoms with E-state index in [9.17, 15) is 14.7 Å². The van der Waals surface area contributed by atoms with Gasteiger partial charge in [-0.05, 0) is 19.3 Å². The number of aliphatic hydroxyl groups excluding tert-OH is 1. The van der Waals surface area contributed by atoms with Gasteiger partial charge in [-0.25, -0.2) is 9.59 Å². The lowest BCUT2D eigenvalue weighted by molar-refractivity contribution is -0.139. The van der Waals surface area contributed by atoms with Gasteiger partial charge in [-0.1, -0.05) is 26.2 Å². The summed E-state index contributed by atoms with van der Waals surface area (Å²) in [6, 6.07) is -1.65. The third kappa shape index (κ3) is 4.52. The Morgan fingerprint density at radius 1 is 1.33 bits per heavy atom. The lowest BCUT2D eigenvalue weighted by atomic mass is 9.93. The van der Waals surface area contributed by atoms with Crippen molar-refractivity contribution in [3.63, 3.8) is 0 Å². The van der Waals surface area contributed by atoms with E-state index in [1.165, 1.54) is 0 Å². The number of rotatable bonds is 5. The summed E-state index contributed by atoms with van der Waals surface area (Å²) in [6.45, 7) is 1.86. The number of nitrogens with one attached hydrogen (secondary N) is 2. The molecule has 0 spiro atoms. The Bertz CT molecular complexity index is 296. The van der Waals surface area contributed by atoms with Crippen molar-refractivity contribution in [2.45, 2.75) is 63.6 Å². The monoisotopic (exact) mass is 258 g/mol. The van der Waals surface area contributed by atoms with Crippen molar-refractivity contribution in [1.29, 1.82) is 0 Å². The predicted octanol–water partition coefficient (Wildman–Crippen LogP) is 0.842. The fourth-order valence-electron chi connectivity index (χ4n) is 2.19. The Labute approximate surface area is 107 Å². The molecule has 1 fully saturated rings. The van der Waals surface area contributed by atoms with Gasteiger partial charge in [0, 0.05) is 0 Å². The van der Waals surface area contributed by atoms with Crippen LogP contribution in [0.1, 0.15) is 45.4 Å². The lowest BCUT2D eigenvalue weighted by Crippen LogP contribution is -2.52. The van der Waals surface area contributed by atoms with Crippen LogP contribution in [0.3, 0.4) is 0 Å². The minimum absolute atomic E-state index is 0.269. The molecule has 6 heteroatoms.